The molecule has 0 saturated carbocycles. The zero-order valence-corrected chi connectivity index (χ0v) is 11.2. The standard InChI is InChI=1S/C13H15N3OS/c1-10-12(14-9-17)15-13(18-10)16(2)8-11-6-4-3-5-7-11/h3-7,9H,8H2,1-2H3,(H,14,17). The van der Waals surface area contributed by atoms with Gasteiger partial charge in [-0.05, 0) is 12.5 Å². The topological polar surface area (TPSA) is 45.2 Å². The quantitative estimate of drug-likeness (QED) is 0.842. The van der Waals surface area contributed by atoms with E-state index in [-0.39, 0.29) is 0 Å². The summed E-state index contributed by atoms with van der Waals surface area (Å²) < 4.78 is 0. The molecule has 0 spiro atoms. The minimum absolute atomic E-state index is 0.643. The van der Waals surface area contributed by atoms with Crippen molar-refractivity contribution in [1.29, 1.82) is 0 Å². The van der Waals surface area contributed by atoms with Gasteiger partial charge in [-0.25, -0.2) is 4.98 Å². The Kier molecular flexibility index (Phi) is 3.94. The second kappa shape index (κ2) is 5.64. The number of aromatic nitrogens is 1. The molecule has 94 valence electrons. The van der Waals surface area contributed by atoms with Gasteiger partial charge in [0.1, 0.15) is 5.82 Å². The number of benzene rings is 1. The van der Waals surface area contributed by atoms with Crippen LogP contribution in [0.2, 0.25) is 0 Å². The van der Waals surface area contributed by atoms with E-state index in [1.165, 1.54) is 5.56 Å². The maximum Gasteiger partial charge on any atom is 0.212 e. The first kappa shape index (κ1) is 12.6. The SMILES string of the molecule is Cc1sc(N(C)Cc2ccccc2)nc1NC=O. The molecule has 0 atom stereocenters. The van der Waals surface area contributed by atoms with E-state index < -0.39 is 0 Å². The highest BCUT2D eigenvalue weighted by Gasteiger charge is 2.10. The summed E-state index contributed by atoms with van der Waals surface area (Å²) in [5, 5.41) is 3.51. The number of nitrogens with zero attached hydrogens (tertiary/aromatic N) is 2. The Labute approximate surface area is 110 Å². The fourth-order valence-electron chi connectivity index (χ4n) is 1.66. The molecule has 4 nitrogen and oxygen atoms in total. The highest BCUT2D eigenvalue weighted by molar-refractivity contribution is 7.16. The number of hydrogen-bond acceptors (Lipinski definition) is 4. The molecular formula is C13H15N3OS. The highest BCUT2D eigenvalue weighted by atomic mass is 32.1. The summed E-state index contributed by atoms with van der Waals surface area (Å²) in [6, 6.07) is 10.2. The van der Waals surface area contributed by atoms with Crippen molar-refractivity contribution < 1.29 is 4.79 Å². The average molecular weight is 261 g/mol. The molecule has 0 radical (unpaired) electrons. The molecule has 0 aliphatic carbocycles. The fourth-order valence-corrected chi connectivity index (χ4v) is 2.49. The number of rotatable bonds is 5. The van der Waals surface area contributed by atoms with Gasteiger partial charge in [-0.1, -0.05) is 41.7 Å². The van der Waals surface area contributed by atoms with Crippen molar-refractivity contribution in [3.8, 4) is 0 Å². The predicted octanol–water partition coefficient (Wildman–Crippen LogP) is 2.66. The van der Waals surface area contributed by atoms with Crippen LogP contribution in [0, 0.1) is 6.92 Å². The Bertz CT molecular complexity index is 524. The van der Waals surface area contributed by atoms with Crippen LogP contribution in [0.3, 0.4) is 0 Å². The summed E-state index contributed by atoms with van der Waals surface area (Å²) in [6.07, 6.45) is 0.656. The maximum absolute atomic E-state index is 10.4. The van der Waals surface area contributed by atoms with E-state index in [0.717, 1.165) is 16.6 Å². The Morgan fingerprint density at radius 3 is 2.78 bits per heavy atom. The third kappa shape index (κ3) is 2.87. The van der Waals surface area contributed by atoms with Crippen LogP contribution in [0.5, 0.6) is 0 Å². The number of anilines is 2. The molecular weight excluding hydrogens is 246 g/mol. The number of nitrogens with one attached hydrogen (secondary N) is 1. The van der Waals surface area contributed by atoms with Gasteiger partial charge in [0, 0.05) is 18.5 Å². The summed E-state index contributed by atoms with van der Waals surface area (Å²) in [5.41, 5.74) is 1.23. The molecule has 1 amide bonds. The molecule has 0 unspecified atom stereocenters. The van der Waals surface area contributed by atoms with Gasteiger partial charge in [0.15, 0.2) is 5.13 Å². The Balaban J connectivity index is 2.11. The van der Waals surface area contributed by atoms with Gasteiger partial charge in [0.25, 0.3) is 0 Å². The average Bonchev–Trinajstić information content (AvgIpc) is 2.73. The van der Waals surface area contributed by atoms with E-state index in [9.17, 15) is 4.79 Å². The van der Waals surface area contributed by atoms with Gasteiger partial charge >= 0.3 is 0 Å². The van der Waals surface area contributed by atoms with Crippen LogP contribution >= 0.6 is 11.3 Å². The molecule has 18 heavy (non-hydrogen) atoms. The summed E-state index contributed by atoms with van der Waals surface area (Å²) in [7, 11) is 2.00. The molecule has 0 saturated heterocycles. The van der Waals surface area contributed by atoms with Gasteiger partial charge in [-0.15, -0.1) is 0 Å². The second-order valence-electron chi connectivity index (χ2n) is 4.01. The van der Waals surface area contributed by atoms with E-state index in [4.69, 9.17) is 0 Å². The lowest BCUT2D eigenvalue weighted by molar-refractivity contribution is -0.105. The van der Waals surface area contributed by atoms with E-state index >= 15 is 0 Å². The van der Waals surface area contributed by atoms with E-state index in [1.54, 1.807) is 11.3 Å². The lowest BCUT2D eigenvalue weighted by Crippen LogP contribution is -2.16. The number of amides is 1. The maximum atomic E-state index is 10.4. The van der Waals surface area contributed by atoms with Gasteiger partial charge in [0.2, 0.25) is 6.41 Å². The molecule has 0 aliphatic heterocycles. The van der Waals surface area contributed by atoms with Crippen LogP contribution in [-0.4, -0.2) is 18.4 Å². The summed E-state index contributed by atoms with van der Waals surface area (Å²) >= 11 is 1.58. The predicted molar refractivity (Wildman–Crippen MR) is 75.1 cm³/mol. The monoisotopic (exact) mass is 261 g/mol. The molecule has 0 aliphatic rings. The molecule has 1 aromatic heterocycles. The Morgan fingerprint density at radius 1 is 1.39 bits per heavy atom. The largest absolute Gasteiger partial charge is 0.347 e. The molecule has 1 heterocycles. The van der Waals surface area contributed by atoms with E-state index in [1.807, 2.05) is 32.2 Å². The Morgan fingerprint density at radius 2 is 2.11 bits per heavy atom. The lowest BCUT2D eigenvalue weighted by Gasteiger charge is -2.15. The van der Waals surface area contributed by atoms with Crippen LogP contribution in [0.1, 0.15) is 10.4 Å². The third-order valence-corrected chi connectivity index (χ3v) is 3.66. The number of hydrogen-bond donors (Lipinski definition) is 1. The van der Waals surface area contributed by atoms with E-state index in [0.29, 0.717) is 12.2 Å². The first-order chi connectivity index (χ1) is 8.70. The molecule has 2 aromatic rings. The minimum atomic E-state index is 0.643. The van der Waals surface area contributed by atoms with Crippen molar-refractivity contribution in [2.45, 2.75) is 13.5 Å². The van der Waals surface area contributed by atoms with Crippen molar-refractivity contribution >= 4 is 28.7 Å². The fraction of sp³-hybridized carbons (Fsp3) is 0.231. The second-order valence-corrected chi connectivity index (χ2v) is 5.19. The van der Waals surface area contributed by atoms with Crippen molar-refractivity contribution in [1.82, 2.24) is 4.98 Å². The van der Waals surface area contributed by atoms with Crippen LogP contribution in [-0.2, 0) is 11.3 Å². The number of aryl methyl sites for hydroxylation is 1. The van der Waals surface area contributed by atoms with Gasteiger partial charge in [-0.3, -0.25) is 4.79 Å². The van der Waals surface area contributed by atoms with Gasteiger partial charge in [-0.2, -0.15) is 0 Å². The van der Waals surface area contributed by atoms with Gasteiger partial charge < -0.3 is 10.2 Å². The zero-order chi connectivity index (χ0) is 13.0. The normalized spacial score (nSPS) is 10.1. The number of thiazole rings is 1. The zero-order valence-electron chi connectivity index (χ0n) is 10.4. The summed E-state index contributed by atoms with van der Waals surface area (Å²) in [4.78, 5) is 17.9. The first-order valence-corrected chi connectivity index (χ1v) is 6.45. The Hall–Kier alpha value is -1.88. The van der Waals surface area contributed by atoms with Crippen LogP contribution < -0.4 is 10.2 Å². The summed E-state index contributed by atoms with van der Waals surface area (Å²) in [6.45, 7) is 2.75. The molecule has 1 aromatic carbocycles. The summed E-state index contributed by atoms with van der Waals surface area (Å²) in [5.74, 6) is 0.643. The minimum Gasteiger partial charge on any atom is -0.347 e. The first-order valence-electron chi connectivity index (χ1n) is 5.63. The number of carbonyl (C=O) groups excluding carboxylic acids is 1. The van der Waals surface area contributed by atoms with Gasteiger partial charge in [0.05, 0.1) is 0 Å². The smallest absolute Gasteiger partial charge is 0.212 e. The molecule has 0 fully saturated rings. The van der Waals surface area contributed by atoms with Crippen molar-refractivity contribution in [3.05, 3.63) is 40.8 Å². The van der Waals surface area contributed by atoms with Crippen LogP contribution in [0.25, 0.3) is 0 Å². The highest BCUT2D eigenvalue weighted by Crippen LogP contribution is 2.28. The van der Waals surface area contributed by atoms with Crippen molar-refractivity contribution in [2.75, 3.05) is 17.3 Å². The molecule has 1 N–H and O–H groups in total. The molecule has 0 bridgehead atoms. The van der Waals surface area contributed by atoms with Crippen LogP contribution in [0.15, 0.2) is 30.3 Å². The van der Waals surface area contributed by atoms with Crippen molar-refractivity contribution in [3.63, 3.8) is 0 Å². The van der Waals surface area contributed by atoms with Crippen LogP contribution in [0.4, 0.5) is 10.9 Å². The third-order valence-electron chi connectivity index (χ3n) is 2.57. The van der Waals surface area contributed by atoms with E-state index in [2.05, 4.69) is 27.3 Å². The molecule has 5 heteroatoms. The molecule has 2 rings (SSSR count). The number of carbonyl (C=O) groups is 1. The van der Waals surface area contributed by atoms with Crippen molar-refractivity contribution in [2.24, 2.45) is 0 Å². The lowest BCUT2D eigenvalue weighted by atomic mass is 10.2.